The lowest BCUT2D eigenvalue weighted by Crippen LogP contribution is -2.27. The second-order valence-electron chi connectivity index (χ2n) is 4.76. The van der Waals surface area contributed by atoms with Gasteiger partial charge in [0.25, 0.3) is 0 Å². The minimum Gasteiger partial charge on any atom is -0.392 e. The lowest BCUT2D eigenvalue weighted by molar-refractivity contribution is 0.281. The highest BCUT2D eigenvalue weighted by Gasteiger charge is 2.22. The highest BCUT2D eigenvalue weighted by molar-refractivity contribution is 9.10. The van der Waals surface area contributed by atoms with Crippen molar-refractivity contribution in [1.82, 2.24) is 4.72 Å². The van der Waals surface area contributed by atoms with Gasteiger partial charge in [-0.2, -0.15) is 11.3 Å². The number of sulfonamides is 1. The van der Waals surface area contributed by atoms with Gasteiger partial charge < -0.3 is 5.11 Å². The van der Waals surface area contributed by atoms with Crippen LogP contribution >= 0.6 is 27.3 Å². The Kier molecular flexibility index (Phi) is 5.21. The summed E-state index contributed by atoms with van der Waals surface area (Å²) in [6, 6.07) is 4.81. The average Bonchev–Trinajstić information content (AvgIpc) is 2.95. The summed E-state index contributed by atoms with van der Waals surface area (Å²) in [7, 11) is -3.66. The van der Waals surface area contributed by atoms with Gasteiger partial charge in [-0.25, -0.2) is 13.1 Å². The van der Waals surface area contributed by atoms with E-state index in [0.29, 0.717) is 15.6 Å². The molecule has 1 unspecified atom stereocenters. The fourth-order valence-electron chi connectivity index (χ4n) is 1.96. The number of halogens is 1. The Morgan fingerprint density at radius 3 is 2.71 bits per heavy atom. The van der Waals surface area contributed by atoms with Crippen molar-refractivity contribution in [2.24, 2.45) is 0 Å². The molecule has 1 aromatic heterocycles. The SMILES string of the molecule is Cc1c(Br)cc(CO)cc1S(=O)(=O)NC(C)c1ccsc1. The van der Waals surface area contributed by atoms with E-state index in [1.165, 1.54) is 17.4 Å². The molecule has 1 heterocycles. The van der Waals surface area contributed by atoms with E-state index in [9.17, 15) is 13.5 Å². The first-order valence-corrected chi connectivity index (χ1v) is 9.51. The van der Waals surface area contributed by atoms with Gasteiger partial charge >= 0.3 is 0 Å². The fourth-order valence-corrected chi connectivity index (χ4v) is 4.90. The van der Waals surface area contributed by atoms with Gasteiger partial charge in [0, 0.05) is 10.5 Å². The van der Waals surface area contributed by atoms with Crippen LogP contribution in [0.25, 0.3) is 0 Å². The van der Waals surface area contributed by atoms with Gasteiger partial charge in [0.2, 0.25) is 10.0 Å². The topological polar surface area (TPSA) is 66.4 Å². The second kappa shape index (κ2) is 6.58. The highest BCUT2D eigenvalue weighted by atomic mass is 79.9. The van der Waals surface area contributed by atoms with Gasteiger partial charge in [0.05, 0.1) is 11.5 Å². The molecule has 7 heteroatoms. The normalized spacial score (nSPS) is 13.3. The quantitative estimate of drug-likeness (QED) is 0.823. The molecular formula is C14H16BrNO3S2. The summed E-state index contributed by atoms with van der Waals surface area (Å²) in [6.07, 6.45) is 0. The third-order valence-corrected chi connectivity index (χ3v) is 6.40. The van der Waals surface area contributed by atoms with E-state index in [-0.39, 0.29) is 17.5 Å². The first-order chi connectivity index (χ1) is 9.85. The number of hydrogen-bond acceptors (Lipinski definition) is 4. The molecular weight excluding hydrogens is 374 g/mol. The molecule has 114 valence electrons. The maximum absolute atomic E-state index is 12.6. The summed E-state index contributed by atoms with van der Waals surface area (Å²) in [5, 5.41) is 13.1. The zero-order valence-corrected chi connectivity index (χ0v) is 14.8. The van der Waals surface area contributed by atoms with Crippen LogP contribution in [0.15, 0.2) is 38.3 Å². The fraction of sp³-hybridized carbons (Fsp3) is 0.286. The van der Waals surface area contributed by atoms with Gasteiger partial charge in [0.1, 0.15) is 0 Å². The molecule has 4 nitrogen and oxygen atoms in total. The Morgan fingerprint density at radius 2 is 2.14 bits per heavy atom. The number of nitrogens with one attached hydrogen (secondary N) is 1. The lowest BCUT2D eigenvalue weighted by Gasteiger charge is -2.16. The van der Waals surface area contributed by atoms with E-state index in [0.717, 1.165) is 5.56 Å². The molecule has 0 radical (unpaired) electrons. The third-order valence-electron chi connectivity index (χ3n) is 3.20. The molecule has 0 saturated heterocycles. The van der Waals surface area contributed by atoms with Crippen LogP contribution in [-0.4, -0.2) is 13.5 Å². The standard InChI is InChI=1S/C14H16BrNO3S2/c1-9-13(15)5-11(7-17)6-14(9)21(18,19)16-10(2)12-3-4-20-8-12/h3-6,8,10,16-17H,7H2,1-2H3. The van der Waals surface area contributed by atoms with Crippen LogP contribution in [0.3, 0.4) is 0 Å². The van der Waals surface area contributed by atoms with Crippen molar-refractivity contribution in [1.29, 1.82) is 0 Å². The predicted octanol–water partition coefficient (Wildman–Crippen LogP) is 3.35. The van der Waals surface area contributed by atoms with Crippen molar-refractivity contribution < 1.29 is 13.5 Å². The van der Waals surface area contributed by atoms with E-state index in [2.05, 4.69) is 20.7 Å². The molecule has 0 fully saturated rings. The van der Waals surface area contributed by atoms with Crippen LogP contribution in [0, 0.1) is 6.92 Å². The molecule has 2 aromatic rings. The summed E-state index contributed by atoms with van der Waals surface area (Å²) >= 11 is 4.86. The summed E-state index contributed by atoms with van der Waals surface area (Å²) in [6.45, 7) is 3.33. The lowest BCUT2D eigenvalue weighted by atomic mass is 10.2. The molecule has 0 saturated carbocycles. The number of aliphatic hydroxyl groups is 1. The van der Waals surface area contributed by atoms with E-state index in [4.69, 9.17) is 0 Å². The van der Waals surface area contributed by atoms with Crippen molar-refractivity contribution in [3.63, 3.8) is 0 Å². The molecule has 0 aliphatic rings. The molecule has 2 N–H and O–H groups in total. The minimum atomic E-state index is -3.66. The first kappa shape index (κ1) is 16.6. The van der Waals surface area contributed by atoms with Crippen LogP contribution in [0.2, 0.25) is 0 Å². The van der Waals surface area contributed by atoms with Crippen LogP contribution in [-0.2, 0) is 16.6 Å². The summed E-state index contributed by atoms with van der Waals surface area (Å²) in [5.74, 6) is 0. The Hall–Kier alpha value is -0.730. The third kappa shape index (κ3) is 3.73. The number of thiophene rings is 1. The molecule has 21 heavy (non-hydrogen) atoms. The van der Waals surface area contributed by atoms with E-state index in [1.54, 1.807) is 19.9 Å². The van der Waals surface area contributed by atoms with Gasteiger partial charge in [-0.15, -0.1) is 0 Å². The van der Waals surface area contributed by atoms with Crippen molar-refractivity contribution in [2.45, 2.75) is 31.4 Å². The van der Waals surface area contributed by atoms with Crippen molar-refractivity contribution >= 4 is 37.3 Å². The highest BCUT2D eigenvalue weighted by Crippen LogP contribution is 2.27. The number of rotatable bonds is 5. The minimum absolute atomic E-state index is 0.183. The largest absolute Gasteiger partial charge is 0.392 e. The van der Waals surface area contributed by atoms with Gasteiger partial charge in [-0.3, -0.25) is 0 Å². The molecule has 1 aromatic carbocycles. The van der Waals surface area contributed by atoms with Crippen LogP contribution in [0.1, 0.15) is 29.7 Å². The van der Waals surface area contributed by atoms with Gasteiger partial charge in [-0.1, -0.05) is 15.9 Å². The smallest absolute Gasteiger partial charge is 0.241 e. The van der Waals surface area contributed by atoms with Crippen molar-refractivity contribution in [3.05, 3.63) is 50.1 Å². The van der Waals surface area contributed by atoms with E-state index in [1.807, 2.05) is 16.8 Å². The number of benzene rings is 1. The number of hydrogen-bond donors (Lipinski definition) is 2. The molecule has 0 amide bonds. The van der Waals surface area contributed by atoms with Gasteiger partial charge in [-0.05, 0) is 59.5 Å². The zero-order chi connectivity index (χ0) is 15.6. The average molecular weight is 390 g/mol. The predicted molar refractivity (Wildman–Crippen MR) is 87.9 cm³/mol. The molecule has 0 aliphatic heterocycles. The maximum Gasteiger partial charge on any atom is 0.241 e. The Morgan fingerprint density at radius 1 is 1.43 bits per heavy atom. The van der Waals surface area contributed by atoms with E-state index < -0.39 is 10.0 Å². The molecule has 0 aliphatic carbocycles. The Labute approximate surface area is 137 Å². The van der Waals surface area contributed by atoms with Crippen LogP contribution in [0.4, 0.5) is 0 Å². The maximum atomic E-state index is 12.6. The first-order valence-electron chi connectivity index (χ1n) is 6.29. The Bertz CT molecular complexity index is 727. The van der Waals surface area contributed by atoms with Crippen LogP contribution in [0.5, 0.6) is 0 Å². The van der Waals surface area contributed by atoms with Crippen molar-refractivity contribution in [3.8, 4) is 0 Å². The summed E-state index contributed by atoms with van der Waals surface area (Å²) < 4.78 is 28.5. The monoisotopic (exact) mass is 389 g/mol. The van der Waals surface area contributed by atoms with E-state index >= 15 is 0 Å². The summed E-state index contributed by atoms with van der Waals surface area (Å²) in [5.41, 5.74) is 2.10. The molecule has 0 spiro atoms. The number of aliphatic hydroxyl groups excluding tert-OH is 1. The zero-order valence-electron chi connectivity index (χ0n) is 11.6. The van der Waals surface area contributed by atoms with Crippen LogP contribution < -0.4 is 4.72 Å². The molecule has 0 bridgehead atoms. The summed E-state index contributed by atoms with van der Waals surface area (Å²) in [4.78, 5) is 0.183. The van der Waals surface area contributed by atoms with Crippen molar-refractivity contribution in [2.75, 3.05) is 0 Å². The molecule has 1 atom stereocenters. The molecule has 2 rings (SSSR count). The van der Waals surface area contributed by atoms with Gasteiger partial charge in [0.15, 0.2) is 0 Å². The Balaban J connectivity index is 2.38. The second-order valence-corrected chi connectivity index (χ2v) is 8.08.